The molecular formula is C26H33BN2O8S. The number of amides is 2. The number of hydrogen-bond donors (Lipinski definition) is 4. The van der Waals surface area contributed by atoms with Crippen LogP contribution >= 0.6 is 0 Å². The number of rotatable bonds is 16. The van der Waals surface area contributed by atoms with Gasteiger partial charge in [0.1, 0.15) is 5.78 Å². The van der Waals surface area contributed by atoms with E-state index < -0.39 is 23.1 Å². The highest BCUT2D eigenvalue weighted by Crippen LogP contribution is 2.17. The number of benzene rings is 1. The number of nitrogens with one attached hydrogen (secondary N) is 2. The third kappa shape index (κ3) is 11.0. The van der Waals surface area contributed by atoms with Crippen LogP contribution in [0.25, 0.3) is 0 Å². The Balaban J connectivity index is 1.67. The first kappa shape index (κ1) is 31.0. The molecule has 10 nitrogen and oxygen atoms in total. The highest BCUT2D eigenvalue weighted by molar-refractivity contribution is 7.86. The van der Waals surface area contributed by atoms with Crippen LogP contribution in [-0.2, 0) is 23.9 Å². The van der Waals surface area contributed by atoms with Gasteiger partial charge in [0.15, 0.2) is 0 Å². The lowest BCUT2D eigenvalue weighted by Gasteiger charge is -2.14. The molecule has 12 heteroatoms. The fourth-order valence-electron chi connectivity index (χ4n) is 3.57. The van der Waals surface area contributed by atoms with Crippen molar-refractivity contribution in [2.75, 3.05) is 13.2 Å². The average molecular weight is 544 g/mol. The van der Waals surface area contributed by atoms with Gasteiger partial charge in [0, 0.05) is 43.5 Å². The standard InChI is InChI=1S/C26H33BN2O8S/c1-2-3-6-17-37-38(35,36)24-13-7-9-20(18-24)26(32)28-16-5-4-12-23(30)14-15-25(31)29-22-11-8-10-21(19-22)27(33)34/h1,7,9,11,13,18-19,33-34H,3-6,8,10,12,14-17H2,(H,28,32)(H,29,31). The van der Waals surface area contributed by atoms with E-state index in [9.17, 15) is 32.8 Å². The largest absolute Gasteiger partial charge is 0.484 e. The summed E-state index contributed by atoms with van der Waals surface area (Å²) in [5.74, 6) is 1.55. The summed E-state index contributed by atoms with van der Waals surface area (Å²) in [4.78, 5) is 36.5. The molecular weight excluding hydrogens is 511 g/mol. The van der Waals surface area contributed by atoms with Crippen LogP contribution in [-0.4, -0.2) is 56.3 Å². The zero-order valence-electron chi connectivity index (χ0n) is 21.1. The molecule has 1 aliphatic carbocycles. The van der Waals surface area contributed by atoms with Crippen molar-refractivity contribution in [3.8, 4) is 12.3 Å². The third-order valence-corrected chi connectivity index (χ3v) is 6.95. The van der Waals surface area contributed by atoms with Crippen molar-refractivity contribution in [1.82, 2.24) is 10.6 Å². The number of Topliss-reactive ketones (excluding diaryl/α,β-unsaturated/α-hetero) is 1. The van der Waals surface area contributed by atoms with Crippen LogP contribution in [0.4, 0.5) is 0 Å². The monoisotopic (exact) mass is 544 g/mol. The predicted octanol–water partition coefficient (Wildman–Crippen LogP) is 1.79. The number of carbonyl (C=O) groups excluding carboxylic acids is 3. The van der Waals surface area contributed by atoms with Gasteiger partial charge >= 0.3 is 7.12 Å². The minimum Gasteiger partial charge on any atom is -0.423 e. The van der Waals surface area contributed by atoms with Crippen molar-refractivity contribution in [3.63, 3.8) is 0 Å². The normalized spacial score (nSPS) is 13.1. The molecule has 0 bridgehead atoms. The Hall–Kier alpha value is -3.24. The summed E-state index contributed by atoms with van der Waals surface area (Å²) in [6, 6.07) is 5.54. The summed E-state index contributed by atoms with van der Waals surface area (Å²) in [6.07, 6.45) is 11.7. The molecule has 4 N–H and O–H groups in total. The van der Waals surface area contributed by atoms with E-state index in [1.807, 2.05) is 0 Å². The SMILES string of the molecule is C#CCCCOS(=O)(=O)c1cccc(C(=O)NCCCCC(=O)CCC(=O)NC2=CCCC(B(O)O)=C2)c1. The van der Waals surface area contributed by atoms with E-state index in [-0.39, 0.29) is 48.0 Å². The number of ketones is 1. The smallest absolute Gasteiger partial charge is 0.423 e. The predicted molar refractivity (Wildman–Crippen MR) is 142 cm³/mol. The molecule has 38 heavy (non-hydrogen) atoms. The Morgan fingerprint density at radius 1 is 1.11 bits per heavy atom. The topological polar surface area (TPSA) is 159 Å². The van der Waals surface area contributed by atoms with Crippen molar-refractivity contribution in [3.05, 3.63) is 53.2 Å². The van der Waals surface area contributed by atoms with Gasteiger partial charge in [-0.2, -0.15) is 8.42 Å². The van der Waals surface area contributed by atoms with E-state index >= 15 is 0 Å². The van der Waals surface area contributed by atoms with Crippen molar-refractivity contribution in [2.24, 2.45) is 0 Å². The van der Waals surface area contributed by atoms with Crippen molar-refractivity contribution in [1.29, 1.82) is 0 Å². The van der Waals surface area contributed by atoms with Crippen LogP contribution in [0.5, 0.6) is 0 Å². The minimum absolute atomic E-state index is 0.0185. The second kappa shape index (κ2) is 15.9. The number of carbonyl (C=O) groups is 3. The van der Waals surface area contributed by atoms with E-state index in [4.69, 9.17) is 10.6 Å². The maximum Gasteiger partial charge on any atom is 0.484 e. The first-order valence-corrected chi connectivity index (χ1v) is 13.8. The van der Waals surface area contributed by atoms with Crippen LogP contribution < -0.4 is 10.6 Å². The molecule has 0 unspecified atom stereocenters. The lowest BCUT2D eigenvalue weighted by molar-refractivity contribution is -0.125. The highest BCUT2D eigenvalue weighted by Gasteiger charge is 2.19. The summed E-state index contributed by atoms with van der Waals surface area (Å²) >= 11 is 0. The second-order valence-electron chi connectivity index (χ2n) is 8.70. The molecule has 0 fully saturated rings. The average Bonchev–Trinajstić information content (AvgIpc) is 2.90. The van der Waals surface area contributed by atoms with E-state index in [0.717, 1.165) is 0 Å². The lowest BCUT2D eigenvalue weighted by atomic mass is 9.74. The number of terminal acetylenes is 1. The first-order chi connectivity index (χ1) is 18.1. The number of unbranched alkanes of at least 4 members (excludes halogenated alkanes) is 2. The molecule has 0 atom stereocenters. The maximum absolute atomic E-state index is 12.4. The van der Waals surface area contributed by atoms with Crippen LogP contribution in [0, 0.1) is 12.3 Å². The molecule has 204 valence electrons. The molecule has 0 spiro atoms. The Labute approximate surface area is 223 Å². The highest BCUT2D eigenvalue weighted by atomic mass is 32.2. The molecule has 1 aromatic carbocycles. The molecule has 0 aliphatic heterocycles. The summed E-state index contributed by atoms with van der Waals surface area (Å²) in [6.45, 7) is 0.254. The van der Waals surface area contributed by atoms with Crippen LogP contribution in [0.15, 0.2) is 52.5 Å². The van der Waals surface area contributed by atoms with Gasteiger partial charge in [-0.25, -0.2) is 0 Å². The van der Waals surface area contributed by atoms with Crippen molar-refractivity contribution >= 4 is 34.8 Å². The van der Waals surface area contributed by atoms with Crippen molar-refractivity contribution < 1.29 is 37.0 Å². The molecule has 0 radical (unpaired) electrons. The van der Waals surface area contributed by atoms with E-state index in [1.54, 1.807) is 6.08 Å². The van der Waals surface area contributed by atoms with Gasteiger partial charge in [-0.3, -0.25) is 18.6 Å². The number of allylic oxidation sites excluding steroid dienone is 3. The molecule has 0 saturated heterocycles. The zero-order valence-corrected chi connectivity index (χ0v) is 22.0. The fourth-order valence-corrected chi connectivity index (χ4v) is 4.56. The first-order valence-electron chi connectivity index (χ1n) is 12.4. The van der Waals surface area contributed by atoms with Crippen molar-refractivity contribution in [2.45, 2.75) is 62.7 Å². The van der Waals surface area contributed by atoms with Crippen LogP contribution in [0.3, 0.4) is 0 Å². The van der Waals surface area contributed by atoms with Crippen LogP contribution in [0.1, 0.15) is 68.1 Å². The summed E-state index contributed by atoms with van der Waals surface area (Å²) in [5, 5.41) is 23.8. The van der Waals surface area contributed by atoms with Crippen LogP contribution in [0.2, 0.25) is 0 Å². The summed E-state index contributed by atoms with van der Waals surface area (Å²) in [5.41, 5.74) is 1.08. The quantitative estimate of drug-likeness (QED) is 0.106. The summed E-state index contributed by atoms with van der Waals surface area (Å²) < 4.78 is 29.5. The van der Waals surface area contributed by atoms with E-state index in [2.05, 4.69) is 16.6 Å². The second-order valence-corrected chi connectivity index (χ2v) is 10.3. The molecule has 0 aromatic heterocycles. The lowest BCUT2D eigenvalue weighted by Crippen LogP contribution is -2.25. The molecule has 1 aromatic rings. The Bertz CT molecular complexity index is 1200. The van der Waals surface area contributed by atoms with Gasteiger partial charge in [-0.05, 0) is 61.9 Å². The molecule has 0 saturated carbocycles. The molecule has 0 heterocycles. The fraction of sp³-hybridized carbons (Fsp3) is 0.423. The molecule has 1 aliphatic rings. The zero-order chi connectivity index (χ0) is 28.0. The van der Waals surface area contributed by atoms with Gasteiger partial charge < -0.3 is 20.7 Å². The third-order valence-electron chi connectivity index (χ3n) is 5.64. The van der Waals surface area contributed by atoms with Gasteiger partial charge in [-0.15, -0.1) is 12.3 Å². The Morgan fingerprint density at radius 3 is 2.63 bits per heavy atom. The molecule has 2 rings (SSSR count). The van der Waals surface area contributed by atoms with Gasteiger partial charge in [0.05, 0.1) is 11.5 Å². The summed E-state index contributed by atoms with van der Waals surface area (Å²) in [7, 11) is -5.56. The van der Waals surface area contributed by atoms with Gasteiger partial charge in [0.25, 0.3) is 16.0 Å². The molecule has 2 amide bonds. The van der Waals surface area contributed by atoms with Gasteiger partial charge in [0.2, 0.25) is 5.91 Å². The minimum atomic E-state index is -4.00. The van der Waals surface area contributed by atoms with Gasteiger partial charge in [-0.1, -0.05) is 12.1 Å². The Morgan fingerprint density at radius 2 is 1.89 bits per heavy atom. The van der Waals surface area contributed by atoms with E-state index in [0.29, 0.717) is 56.2 Å². The van der Waals surface area contributed by atoms with E-state index in [1.165, 1.54) is 30.3 Å². The maximum atomic E-state index is 12.4. The number of hydrogen-bond acceptors (Lipinski definition) is 8. The Kier molecular flexibility index (Phi) is 13.0.